The molecule has 0 aliphatic rings. The second-order valence-corrected chi connectivity index (χ2v) is 6.22. The van der Waals surface area contributed by atoms with E-state index >= 15 is 0 Å². The topological polar surface area (TPSA) is 138 Å². The van der Waals surface area contributed by atoms with Gasteiger partial charge < -0.3 is 21.8 Å². The summed E-state index contributed by atoms with van der Waals surface area (Å²) in [7, 11) is 0. The number of aromatic amines is 1. The normalized spacial score (nSPS) is 11.2. The van der Waals surface area contributed by atoms with Crippen molar-refractivity contribution < 1.29 is 9.59 Å². The summed E-state index contributed by atoms with van der Waals surface area (Å²) in [4.78, 5) is 26.7. The number of H-pyrrole nitrogens is 1. The van der Waals surface area contributed by atoms with Crippen LogP contribution in [0.3, 0.4) is 0 Å². The van der Waals surface area contributed by atoms with Crippen molar-refractivity contribution in [3.8, 4) is 0 Å². The highest BCUT2D eigenvalue weighted by atomic mass is 16.2. The summed E-state index contributed by atoms with van der Waals surface area (Å²) in [5, 5.41) is 7.78. The van der Waals surface area contributed by atoms with Crippen LogP contribution in [0.4, 0.5) is 5.69 Å². The van der Waals surface area contributed by atoms with Gasteiger partial charge in [-0.25, -0.2) is 0 Å². The third-order valence-corrected chi connectivity index (χ3v) is 4.08. The lowest BCUT2D eigenvalue weighted by atomic mass is 10.1. The summed E-state index contributed by atoms with van der Waals surface area (Å²) < 4.78 is 0. The molecule has 3 rings (SSSR count). The lowest BCUT2D eigenvalue weighted by Crippen LogP contribution is -2.14. The molecule has 0 saturated heterocycles. The van der Waals surface area contributed by atoms with Crippen molar-refractivity contribution in [1.29, 1.82) is 0 Å². The molecule has 0 aliphatic heterocycles. The zero-order chi connectivity index (χ0) is 20.3. The lowest BCUT2D eigenvalue weighted by Gasteiger charge is -2.04. The molecule has 1 heterocycles. The molecule has 8 heteroatoms. The van der Waals surface area contributed by atoms with Crippen LogP contribution in [0.25, 0.3) is 10.9 Å². The monoisotopic (exact) mass is 376 g/mol. The minimum absolute atomic E-state index is 0.255. The first-order chi connectivity index (χ1) is 13.3. The predicted octanol–water partition coefficient (Wildman–Crippen LogP) is 2.26. The van der Waals surface area contributed by atoms with Gasteiger partial charge in [-0.3, -0.25) is 15.0 Å². The van der Waals surface area contributed by atoms with Gasteiger partial charge in [0.15, 0.2) is 0 Å². The van der Waals surface area contributed by atoms with E-state index in [0.29, 0.717) is 16.9 Å². The molecule has 2 amide bonds. The summed E-state index contributed by atoms with van der Waals surface area (Å²) in [5.41, 5.74) is 17.1. The standard InChI is InChI=1S/C20H20N6O2/c1-11(25-26-12(2)21)14-5-8-17-15(9-14)10-18(24-17)20(28)23-16-6-3-13(4-7-16)19(22)27/h3-10,24,26H,2,21H2,1H3,(H2,22,27)(H,23,28)/b25-11-. The van der Waals surface area contributed by atoms with E-state index in [2.05, 4.69) is 27.4 Å². The van der Waals surface area contributed by atoms with E-state index in [-0.39, 0.29) is 11.7 Å². The number of aromatic nitrogens is 1. The zero-order valence-electron chi connectivity index (χ0n) is 15.2. The summed E-state index contributed by atoms with van der Waals surface area (Å²) in [6.07, 6.45) is 0. The van der Waals surface area contributed by atoms with Gasteiger partial charge in [-0.05, 0) is 55.0 Å². The van der Waals surface area contributed by atoms with Crippen molar-refractivity contribution in [2.75, 3.05) is 5.32 Å². The fraction of sp³-hybridized carbons (Fsp3) is 0.0500. The number of hydrazone groups is 1. The molecule has 0 unspecified atom stereocenters. The second-order valence-electron chi connectivity index (χ2n) is 6.22. The fourth-order valence-corrected chi connectivity index (χ4v) is 2.62. The van der Waals surface area contributed by atoms with Gasteiger partial charge in [0, 0.05) is 22.2 Å². The number of benzene rings is 2. The number of anilines is 1. The van der Waals surface area contributed by atoms with Crippen molar-refractivity contribution in [3.05, 3.63) is 77.8 Å². The van der Waals surface area contributed by atoms with E-state index in [1.807, 2.05) is 25.1 Å². The molecular formula is C20H20N6O2. The maximum absolute atomic E-state index is 12.5. The number of amides is 2. The molecule has 142 valence electrons. The molecule has 0 radical (unpaired) electrons. The molecule has 7 N–H and O–H groups in total. The van der Waals surface area contributed by atoms with E-state index in [4.69, 9.17) is 11.5 Å². The summed E-state index contributed by atoms with van der Waals surface area (Å²) in [5.74, 6) is -0.560. The van der Waals surface area contributed by atoms with Gasteiger partial charge >= 0.3 is 0 Å². The molecule has 1 aromatic heterocycles. The highest BCUT2D eigenvalue weighted by molar-refractivity contribution is 6.07. The number of nitrogens with zero attached hydrogens (tertiary/aromatic N) is 1. The Morgan fingerprint density at radius 2 is 1.71 bits per heavy atom. The van der Waals surface area contributed by atoms with Crippen LogP contribution < -0.4 is 22.2 Å². The fourth-order valence-electron chi connectivity index (χ4n) is 2.62. The minimum Gasteiger partial charge on any atom is -0.385 e. The Morgan fingerprint density at radius 3 is 2.36 bits per heavy atom. The van der Waals surface area contributed by atoms with Crippen molar-refractivity contribution in [2.24, 2.45) is 16.6 Å². The number of carbonyl (C=O) groups is 2. The first-order valence-corrected chi connectivity index (χ1v) is 8.42. The van der Waals surface area contributed by atoms with Crippen molar-refractivity contribution in [3.63, 3.8) is 0 Å². The number of nitrogens with two attached hydrogens (primary N) is 2. The number of nitrogens with one attached hydrogen (secondary N) is 3. The van der Waals surface area contributed by atoms with Gasteiger partial charge in [0.1, 0.15) is 11.5 Å². The lowest BCUT2D eigenvalue weighted by molar-refractivity contribution is 0.0998. The maximum atomic E-state index is 12.5. The molecule has 2 aromatic carbocycles. The number of hydrogen-bond donors (Lipinski definition) is 5. The smallest absolute Gasteiger partial charge is 0.272 e. The van der Waals surface area contributed by atoms with Crippen molar-refractivity contribution >= 4 is 34.1 Å². The van der Waals surface area contributed by atoms with Crippen LogP contribution in [-0.2, 0) is 0 Å². The van der Waals surface area contributed by atoms with Crippen molar-refractivity contribution in [1.82, 2.24) is 10.4 Å². The van der Waals surface area contributed by atoms with Crippen LogP contribution in [0, 0.1) is 0 Å². The van der Waals surface area contributed by atoms with Crippen LogP contribution in [0.15, 0.2) is 66.0 Å². The third kappa shape index (κ3) is 4.18. The summed E-state index contributed by atoms with van der Waals surface area (Å²) >= 11 is 0. The van der Waals surface area contributed by atoms with E-state index in [1.54, 1.807) is 30.3 Å². The van der Waals surface area contributed by atoms with Crippen LogP contribution >= 0.6 is 0 Å². The first-order valence-electron chi connectivity index (χ1n) is 8.42. The SMILES string of the molecule is C=C(N)N/N=C(/C)c1ccc2[nH]c(C(=O)Nc3ccc(C(N)=O)cc3)cc2c1. The average Bonchev–Trinajstić information content (AvgIpc) is 3.10. The molecule has 0 aliphatic carbocycles. The Balaban J connectivity index is 1.79. The highest BCUT2D eigenvalue weighted by Gasteiger charge is 2.11. The molecular weight excluding hydrogens is 356 g/mol. The summed E-state index contributed by atoms with van der Waals surface area (Å²) in [6, 6.07) is 13.8. The Kier molecular flexibility index (Phi) is 5.12. The Morgan fingerprint density at radius 1 is 1.04 bits per heavy atom. The third-order valence-electron chi connectivity index (χ3n) is 4.08. The largest absolute Gasteiger partial charge is 0.385 e. The number of primary amides is 1. The minimum atomic E-state index is -0.519. The molecule has 3 aromatic rings. The Labute approximate surface area is 161 Å². The van der Waals surface area contributed by atoms with Gasteiger partial charge in [-0.2, -0.15) is 5.10 Å². The molecule has 0 saturated carbocycles. The number of fused-ring (bicyclic) bond motifs is 1. The summed E-state index contributed by atoms with van der Waals surface area (Å²) in [6.45, 7) is 5.37. The second kappa shape index (κ2) is 7.67. The molecule has 0 spiro atoms. The quantitative estimate of drug-likeness (QED) is 0.333. The molecule has 28 heavy (non-hydrogen) atoms. The number of hydrogen-bond acceptors (Lipinski definition) is 5. The van der Waals surface area contributed by atoms with Gasteiger partial charge in [0.05, 0.1) is 5.71 Å². The maximum Gasteiger partial charge on any atom is 0.272 e. The molecule has 8 nitrogen and oxygen atoms in total. The zero-order valence-corrected chi connectivity index (χ0v) is 15.2. The average molecular weight is 376 g/mol. The van der Waals surface area contributed by atoms with Crippen LogP contribution in [0.1, 0.15) is 33.3 Å². The predicted molar refractivity (Wildman–Crippen MR) is 110 cm³/mol. The van der Waals surface area contributed by atoms with Crippen LogP contribution in [-0.4, -0.2) is 22.5 Å². The molecule has 0 fully saturated rings. The van der Waals surface area contributed by atoms with E-state index in [0.717, 1.165) is 22.2 Å². The Bertz CT molecular complexity index is 1100. The van der Waals surface area contributed by atoms with Gasteiger partial charge in [-0.15, -0.1) is 0 Å². The van der Waals surface area contributed by atoms with Gasteiger partial charge in [-0.1, -0.05) is 12.6 Å². The van der Waals surface area contributed by atoms with E-state index in [1.165, 1.54) is 0 Å². The van der Waals surface area contributed by atoms with Gasteiger partial charge in [0.25, 0.3) is 5.91 Å². The molecule has 0 bridgehead atoms. The Hall–Kier alpha value is -4.07. The highest BCUT2D eigenvalue weighted by Crippen LogP contribution is 2.19. The van der Waals surface area contributed by atoms with Gasteiger partial charge in [0.2, 0.25) is 5.91 Å². The van der Waals surface area contributed by atoms with Crippen LogP contribution in [0.2, 0.25) is 0 Å². The first kappa shape index (κ1) is 18.7. The van der Waals surface area contributed by atoms with Crippen LogP contribution in [0.5, 0.6) is 0 Å². The van der Waals surface area contributed by atoms with E-state index in [9.17, 15) is 9.59 Å². The molecule has 0 atom stereocenters. The number of rotatable bonds is 6. The number of carbonyl (C=O) groups excluding carboxylic acids is 2. The van der Waals surface area contributed by atoms with Crippen molar-refractivity contribution in [2.45, 2.75) is 6.92 Å². The van der Waals surface area contributed by atoms with E-state index < -0.39 is 5.91 Å².